The molecule has 0 aromatic heterocycles. The number of rotatable bonds is 2. The molecule has 2 aromatic carbocycles. The van der Waals surface area contributed by atoms with Gasteiger partial charge in [0.2, 0.25) is 0 Å². The van der Waals surface area contributed by atoms with Crippen LogP contribution in [0.25, 0.3) is 0 Å². The summed E-state index contributed by atoms with van der Waals surface area (Å²) in [4.78, 5) is 25.9. The second kappa shape index (κ2) is 4.53. The molecule has 0 spiro atoms. The van der Waals surface area contributed by atoms with Crippen molar-refractivity contribution in [3.05, 3.63) is 63.6 Å². The first kappa shape index (κ1) is 12.8. The van der Waals surface area contributed by atoms with Gasteiger partial charge in [0, 0.05) is 16.9 Å². The number of hydrogen-bond acceptors (Lipinski definition) is 2. The molecular formula is C17H12BrNO2. The van der Waals surface area contributed by atoms with Crippen LogP contribution in [-0.2, 0) is 11.2 Å². The Bertz CT molecular complexity index is 784. The number of ketones is 1. The number of carbonyl (C=O) groups is 2. The maximum Gasteiger partial charge on any atom is 0.299 e. The van der Waals surface area contributed by atoms with Gasteiger partial charge in [-0.05, 0) is 35.7 Å². The van der Waals surface area contributed by atoms with Crippen molar-refractivity contribution in [3.63, 3.8) is 0 Å². The lowest BCUT2D eigenvalue weighted by atomic mass is 9.77. The summed E-state index contributed by atoms with van der Waals surface area (Å²) in [5, 5.41) is 0. The van der Waals surface area contributed by atoms with Gasteiger partial charge in [0.05, 0.1) is 11.3 Å². The number of Topliss-reactive ketones (excluding diaryl/α,β-unsaturated/α-hetero) is 1. The zero-order chi connectivity index (χ0) is 14.6. The van der Waals surface area contributed by atoms with E-state index in [1.807, 2.05) is 18.2 Å². The number of anilines is 1. The van der Waals surface area contributed by atoms with Gasteiger partial charge in [-0.1, -0.05) is 40.2 Å². The molecule has 0 N–H and O–H groups in total. The molecule has 0 radical (unpaired) electrons. The van der Waals surface area contributed by atoms with E-state index >= 15 is 0 Å². The van der Waals surface area contributed by atoms with Crippen LogP contribution in [0.3, 0.4) is 0 Å². The number of benzene rings is 2. The van der Waals surface area contributed by atoms with Crippen molar-refractivity contribution in [2.45, 2.75) is 12.3 Å². The summed E-state index contributed by atoms with van der Waals surface area (Å²) >= 11 is 3.41. The summed E-state index contributed by atoms with van der Waals surface area (Å²) in [6.45, 7) is 0.574. The molecule has 2 aliphatic rings. The summed E-state index contributed by atoms with van der Waals surface area (Å²) in [6, 6.07) is 13.6. The number of amides is 1. The van der Waals surface area contributed by atoms with Gasteiger partial charge in [-0.2, -0.15) is 0 Å². The first-order valence-corrected chi connectivity index (χ1v) is 7.68. The molecule has 104 valence electrons. The van der Waals surface area contributed by atoms with E-state index in [2.05, 4.69) is 28.1 Å². The minimum Gasteiger partial charge on any atom is -0.304 e. The van der Waals surface area contributed by atoms with Crippen LogP contribution in [-0.4, -0.2) is 18.2 Å². The predicted molar refractivity (Wildman–Crippen MR) is 83.7 cm³/mol. The molecule has 3 nitrogen and oxygen atoms in total. The van der Waals surface area contributed by atoms with E-state index in [0.717, 1.165) is 16.6 Å². The molecule has 4 heteroatoms. The van der Waals surface area contributed by atoms with Gasteiger partial charge < -0.3 is 4.90 Å². The van der Waals surface area contributed by atoms with Crippen LogP contribution in [0.5, 0.6) is 0 Å². The molecule has 21 heavy (non-hydrogen) atoms. The van der Waals surface area contributed by atoms with E-state index in [4.69, 9.17) is 0 Å². The van der Waals surface area contributed by atoms with Crippen LogP contribution in [0.15, 0.2) is 46.9 Å². The standard InChI is InChI=1S/C17H12BrNO2/c18-12-5-6-14-15(8-12)19(17(21)16(14)20)9-11-7-10-3-1-2-4-13(10)11/h1-6,8,11H,7,9H2. The largest absolute Gasteiger partial charge is 0.304 e. The summed E-state index contributed by atoms with van der Waals surface area (Å²) in [6.07, 6.45) is 0.970. The highest BCUT2D eigenvalue weighted by atomic mass is 79.9. The number of fused-ring (bicyclic) bond motifs is 2. The third-order valence-electron chi connectivity index (χ3n) is 4.30. The van der Waals surface area contributed by atoms with Crippen LogP contribution in [0, 0.1) is 0 Å². The SMILES string of the molecule is O=C1C(=O)N(CC2Cc3ccccc32)c2cc(Br)ccc21. The lowest BCUT2D eigenvalue weighted by molar-refractivity contribution is -0.114. The topological polar surface area (TPSA) is 37.4 Å². The number of carbonyl (C=O) groups excluding carboxylic acids is 2. The Labute approximate surface area is 130 Å². The van der Waals surface area contributed by atoms with Crippen LogP contribution < -0.4 is 4.90 Å². The average Bonchev–Trinajstić information content (AvgIpc) is 2.69. The smallest absolute Gasteiger partial charge is 0.299 e. The summed E-state index contributed by atoms with van der Waals surface area (Å²) in [5.41, 5.74) is 3.87. The Morgan fingerprint density at radius 3 is 2.76 bits per heavy atom. The highest BCUT2D eigenvalue weighted by Gasteiger charge is 2.38. The van der Waals surface area contributed by atoms with Crippen molar-refractivity contribution in [1.82, 2.24) is 0 Å². The molecule has 4 rings (SSSR count). The van der Waals surface area contributed by atoms with Crippen LogP contribution >= 0.6 is 15.9 Å². The van der Waals surface area contributed by atoms with E-state index in [1.165, 1.54) is 11.1 Å². The second-order valence-corrected chi connectivity index (χ2v) is 6.42. The fourth-order valence-corrected chi connectivity index (χ4v) is 3.54. The third-order valence-corrected chi connectivity index (χ3v) is 4.79. The Balaban J connectivity index is 1.67. The number of hydrogen-bond donors (Lipinski definition) is 0. The van der Waals surface area contributed by atoms with Gasteiger partial charge in [0.15, 0.2) is 0 Å². The van der Waals surface area contributed by atoms with Crippen molar-refractivity contribution >= 4 is 33.3 Å². The Morgan fingerprint density at radius 2 is 1.95 bits per heavy atom. The molecule has 1 atom stereocenters. The van der Waals surface area contributed by atoms with Gasteiger partial charge in [0.25, 0.3) is 11.7 Å². The molecule has 0 bridgehead atoms. The molecule has 1 unspecified atom stereocenters. The van der Waals surface area contributed by atoms with Gasteiger partial charge in [-0.3, -0.25) is 9.59 Å². The molecule has 0 saturated heterocycles. The van der Waals surface area contributed by atoms with E-state index in [1.54, 1.807) is 17.0 Å². The molecule has 1 heterocycles. The first-order valence-electron chi connectivity index (χ1n) is 6.88. The lowest BCUT2D eigenvalue weighted by Crippen LogP contribution is -2.37. The summed E-state index contributed by atoms with van der Waals surface area (Å²) < 4.78 is 0.878. The second-order valence-electron chi connectivity index (χ2n) is 5.51. The first-order chi connectivity index (χ1) is 10.1. The Morgan fingerprint density at radius 1 is 1.14 bits per heavy atom. The zero-order valence-corrected chi connectivity index (χ0v) is 12.8. The highest BCUT2D eigenvalue weighted by Crippen LogP contribution is 2.39. The van der Waals surface area contributed by atoms with Crippen molar-refractivity contribution < 1.29 is 9.59 Å². The highest BCUT2D eigenvalue weighted by molar-refractivity contribution is 9.10. The minimum absolute atomic E-state index is 0.322. The van der Waals surface area contributed by atoms with Gasteiger partial charge in [0.1, 0.15) is 0 Å². The molecule has 0 fully saturated rings. The minimum atomic E-state index is -0.410. The fourth-order valence-electron chi connectivity index (χ4n) is 3.19. The van der Waals surface area contributed by atoms with Crippen molar-refractivity contribution in [2.75, 3.05) is 11.4 Å². The van der Waals surface area contributed by atoms with Crippen molar-refractivity contribution in [2.24, 2.45) is 0 Å². The maximum atomic E-state index is 12.2. The van der Waals surface area contributed by atoms with Crippen molar-refractivity contribution in [3.8, 4) is 0 Å². The summed E-state index contributed by atoms with van der Waals surface area (Å²) in [7, 11) is 0. The summed E-state index contributed by atoms with van der Waals surface area (Å²) in [5.74, 6) is -0.486. The fraction of sp³-hybridized carbons (Fsp3) is 0.176. The normalized spacial score (nSPS) is 19.3. The zero-order valence-electron chi connectivity index (χ0n) is 11.2. The van der Waals surface area contributed by atoms with Gasteiger partial charge in [-0.25, -0.2) is 0 Å². The quantitative estimate of drug-likeness (QED) is 0.786. The lowest BCUT2D eigenvalue weighted by Gasteiger charge is -2.33. The Kier molecular flexibility index (Phi) is 2.76. The van der Waals surface area contributed by atoms with E-state index in [9.17, 15) is 9.59 Å². The van der Waals surface area contributed by atoms with Crippen LogP contribution in [0.4, 0.5) is 5.69 Å². The van der Waals surface area contributed by atoms with Crippen LogP contribution in [0.2, 0.25) is 0 Å². The monoisotopic (exact) mass is 341 g/mol. The molecule has 1 amide bonds. The molecule has 1 aliphatic heterocycles. The van der Waals surface area contributed by atoms with Gasteiger partial charge >= 0.3 is 0 Å². The number of halogens is 1. The maximum absolute atomic E-state index is 12.2. The van der Waals surface area contributed by atoms with E-state index in [-0.39, 0.29) is 0 Å². The van der Waals surface area contributed by atoms with Crippen molar-refractivity contribution in [1.29, 1.82) is 0 Å². The average molecular weight is 342 g/mol. The molecule has 1 aliphatic carbocycles. The van der Waals surface area contributed by atoms with Gasteiger partial charge in [-0.15, -0.1) is 0 Å². The predicted octanol–water partition coefficient (Wildman–Crippen LogP) is 3.32. The third kappa shape index (κ3) is 1.86. The molecular weight excluding hydrogens is 330 g/mol. The Hall–Kier alpha value is -1.94. The van der Waals surface area contributed by atoms with Crippen LogP contribution in [0.1, 0.15) is 27.4 Å². The molecule has 2 aromatic rings. The molecule has 0 saturated carbocycles. The van der Waals surface area contributed by atoms with E-state index < -0.39 is 11.7 Å². The van der Waals surface area contributed by atoms with E-state index in [0.29, 0.717) is 18.0 Å². The number of nitrogens with zero attached hydrogens (tertiary/aromatic N) is 1.